The van der Waals surface area contributed by atoms with Gasteiger partial charge in [0, 0.05) is 16.5 Å². The van der Waals surface area contributed by atoms with E-state index in [2.05, 4.69) is 0 Å². The molecule has 0 aromatic rings. The van der Waals surface area contributed by atoms with Crippen LogP contribution in [0.2, 0.25) is 0 Å². The molecule has 0 atom stereocenters. The number of hydrogen-bond acceptors (Lipinski definition) is 5. The first-order valence-corrected chi connectivity index (χ1v) is 1.38. The summed E-state index contributed by atoms with van der Waals surface area (Å²) in [5.74, 6) is 0. The Hall–Kier alpha value is 1.71. The Bertz CT molecular complexity index is 64.8. The molecular formula is CH3BNa2NiO6. The molecule has 0 aromatic heterocycles. The maximum absolute atomic E-state index is 8.64. The molecule has 0 saturated heterocycles. The molecule has 0 rings (SSSR count). The number of hydrogen-bond donors (Lipinski definition) is 3. The van der Waals surface area contributed by atoms with E-state index in [1.807, 2.05) is 0 Å². The van der Waals surface area contributed by atoms with Crippen LogP contribution >= 0.6 is 0 Å². The molecular weight excluding hydrogens is 223 g/mol. The first kappa shape index (κ1) is 29.3. The van der Waals surface area contributed by atoms with E-state index in [1.165, 1.54) is 0 Å². The summed E-state index contributed by atoms with van der Waals surface area (Å²) in [6.45, 7) is 0. The van der Waals surface area contributed by atoms with Crippen LogP contribution in [0.4, 0.5) is 4.79 Å². The third-order valence-electron chi connectivity index (χ3n) is 0. The Morgan fingerprint density at radius 3 is 1.27 bits per heavy atom. The van der Waals surface area contributed by atoms with Crippen molar-refractivity contribution < 1.29 is 106 Å². The summed E-state index contributed by atoms with van der Waals surface area (Å²) in [6, 6.07) is 0. The normalized spacial score (nSPS) is 4.64. The molecule has 6 nitrogen and oxygen atoms in total. The monoisotopic (exact) mass is 226 g/mol. The van der Waals surface area contributed by atoms with Crippen molar-refractivity contribution in [3.8, 4) is 0 Å². The smallest absolute Gasteiger partial charge is 0.832 e. The van der Waals surface area contributed by atoms with Gasteiger partial charge in [-0.15, -0.1) is 0 Å². The van der Waals surface area contributed by atoms with Crippen molar-refractivity contribution >= 4 is 13.5 Å². The first-order chi connectivity index (χ1) is 3.46. The van der Waals surface area contributed by atoms with Crippen LogP contribution in [0.25, 0.3) is 0 Å². The summed E-state index contributed by atoms with van der Waals surface area (Å²) in [5, 5.41) is 38.1. The van der Waals surface area contributed by atoms with Crippen LogP contribution in [0.15, 0.2) is 0 Å². The molecule has 0 aliphatic carbocycles. The van der Waals surface area contributed by atoms with E-state index in [9.17, 15) is 0 Å². The SMILES string of the molecule is O=C([O-])O.[Na+].[Na+].[Ni].[O-]B(O)O. The molecule has 0 radical (unpaired) electrons. The average molecular weight is 227 g/mol. The van der Waals surface area contributed by atoms with Gasteiger partial charge in [-0.25, -0.2) is 0 Å². The van der Waals surface area contributed by atoms with E-state index in [0.29, 0.717) is 0 Å². The van der Waals surface area contributed by atoms with E-state index in [0.717, 1.165) is 0 Å². The van der Waals surface area contributed by atoms with Crippen LogP contribution in [0.1, 0.15) is 0 Å². The van der Waals surface area contributed by atoms with E-state index in [-0.39, 0.29) is 75.6 Å². The second-order valence-electron chi connectivity index (χ2n) is 0.592. The zero-order chi connectivity index (χ0) is 7.15. The van der Waals surface area contributed by atoms with Crippen molar-refractivity contribution in [3.63, 3.8) is 0 Å². The van der Waals surface area contributed by atoms with E-state index in [1.54, 1.807) is 0 Å². The molecule has 0 aliphatic heterocycles. The molecule has 0 heterocycles. The zero-order valence-electron chi connectivity index (χ0n) is 5.96. The second kappa shape index (κ2) is 22.6. The van der Waals surface area contributed by atoms with Gasteiger partial charge in [-0.1, -0.05) is 0 Å². The molecule has 0 aliphatic rings. The fourth-order valence-electron chi connectivity index (χ4n) is 0. The van der Waals surface area contributed by atoms with Crippen LogP contribution in [0, 0.1) is 0 Å². The fourth-order valence-corrected chi connectivity index (χ4v) is 0. The molecule has 0 aromatic carbocycles. The standard InChI is InChI=1S/CH2O3.BH2O3.2Na.Ni/c2*2-1(3)4;;;/h(H2,2,3,4);2-3H;;;/q;-1;2*+1;/p-1. The third-order valence-corrected chi connectivity index (χ3v) is 0. The average Bonchev–Trinajstić information content (AvgIpc) is 1.25. The van der Waals surface area contributed by atoms with Crippen molar-refractivity contribution in [3.05, 3.63) is 0 Å². The molecule has 58 valence electrons. The summed E-state index contributed by atoms with van der Waals surface area (Å²) in [4.78, 5) is 8.44. The van der Waals surface area contributed by atoms with Gasteiger partial charge in [0.2, 0.25) is 6.16 Å². The van der Waals surface area contributed by atoms with Crippen LogP contribution in [-0.2, 0) is 16.5 Å². The van der Waals surface area contributed by atoms with Crippen LogP contribution < -0.4 is 69.2 Å². The molecule has 0 saturated carbocycles. The maximum Gasteiger partial charge on any atom is 1.00 e. The summed E-state index contributed by atoms with van der Waals surface area (Å²) in [5.41, 5.74) is 0. The van der Waals surface area contributed by atoms with E-state index >= 15 is 0 Å². The van der Waals surface area contributed by atoms with Gasteiger partial charge in [0.15, 0.2) is 0 Å². The van der Waals surface area contributed by atoms with Gasteiger partial charge < -0.3 is 30.1 Å². The molecule has 0 unspecified atom stereocenters. The topological polar surface area (TPSA) is 124 Å². The summed E-state index contributed by atoms with van der Waals surface area (Å²) in [7, 11) is -2.42. The largest absolute Gasteiger partial charge is 1.00 e. The third kappa shape index (κ3) is 378. The Morgan fingerprint density at radius 2 is 1.27 bits per heavy atom. The van der Waals surface area contributed by atoms with Crippen molar-refractivity contribution in [2.24, 2.45) is 0 Å². The molecule has 0 spiro atoms. The number of carbonyl (C=O) groups is 1. The van der Waals surface area contributed by atoms with Crippen molar-refractivity contribution in [1.82, 2.24) is 0 Å². The molecule has 3 N–H and O–H groups in total. The van der Waals surface area contributed by atoms with Crippen LogP contribution in [0.5, 0.6) is 0 Å². The summed E-state index contributed by atoms with van der Waals surface area (Å²) >= 11 is 0. The fraction of sp³-hybridized carbons (Fsp3) is 0. The summed E-state index contributed by atoms with van der Waals surface area (Å²) in [6.07, 6.45) is -2.08. The zero-order valence-corrected chi connectivity index (χ0v) is 10.9. The first-order valence-electron chi connectivity index (χ1n) is 1.38. The predicted octanol–water partition coefficient (Wildman–Crippen LogP) is -9.79. The minimum Gasteiger partial charge on any atom is -0.832 e. The van der Waals surface area contributed by atoms with Gasteiger partial charge in [0.05, 0.1) is 0 Å². The van der Waals surface area contributed by atoms with Crippen molar-refractivity contribution in [2.45, 2.75) is 0 Å². The second-order valence-corrected chi connectivity index (χ2v) is 0.592. The minimum absolute atomic E-state index is 0. The molecule has 11 heavy (non-hydrogen) atoms. The Balaban J connectivity index is -0.0000000171. The van der Waals surface area contributed by atoms with Gasteiger partial charge in [-0.3, -0.25) is 0 Å². The van der Waals surface area contributed by atoms with Gasteiger partial charge in [-0.2, -0.15) is 0 Å². The Kier molecular flexibility index (Phi) is 60.2. The van der Waals surface area contributed by atoms with Gasteiger partial charge in [0.25, 0.3) is 0 Å². The number of rotatable bonds is 0. The van der Waals surface area contributed by atoms with E-state index < -0.39 is 13.5 Å². The maximum atomic E-state index is 8.64. The Morgan fingerprint density at radius 1 is 1.27 bits per heavy atom. The molecule has 10 heteroatoms. The van der Waals surface area contributed by atoms with Gasteiger partial charge >= 0.3 is 66.4 Å². The van der Waals surface area contributed by atoms with Gasteiger partial charge in [-0.05, 0) is 0 Å². The van der Waals surface area contributed by atoms with Crippen molar-refractivity contribution in [1.29, 1.82) is 0 Å². The van der Waals surface area contributed by atoms with Crippen LogP contribution in [-0.4, -0.2) is 28.6 Å². The van der Waals surface area contributed by atoms with Crippen LogP contribution in [0.3, 0.4) is 0 Å². The molecule has 0 amide bonds. The minimum atomic E-state index is -2.42. The van der Waals surface area contributed by atoms with E-state index in [4.69, 9.17) is 30.1 Å². The van der Waals surface area contributed by atoms with Crippen molar-refractivity contribution in [2.75, 3.05) is 0 Å². The summed E-state index contributed by atoms with van der Waals surface area (Å²) < 4.78 is 0. The molecule has 0 fully saturated rings. The molecule has 0 bridgehead atoms. The Labute approximate surface area is 118 Å². The number of carboxylic acid groups (broad SMARTS) is 2. The predicted molar refractivity (Wildman–Crippen MR) is 18.2 cm³/mol. The van der Waals surface area contributed by atoms with Gasteiger partial charge in [0.1, 0.15) is 0 Å². The quantitative estimate of drug-likeness (QED) is 0.352.